The normalized spacial score (nSPS) is 15.9. The van der Waals surface area contributed by atoms with Crippen LogP contribution in [0.15, 0.2) is 0 Å². The van der Waals surface area contributed by atoms with Crippen molar-refractivity contribution in [2.75, 3.05) is 25.9 Å². The lowest BCUT2D eigenvalue weighted by Gasteiger charge is -2.29. The van der Waals surface area contributed by atoms with Crippen LogP contribution in [0, 0.1) is 5.92 Å². The van der Waals surface area contributed by atoms with E-state index in [1.807, 2.05) is 11.8 Å². The van der Waals surface area contributed by atoms with Gasteiger partial charge in [-0.3, -0.25) is 4.79 Å². The highest BCUT2D eigenvalue weighted by molar-refractivity contribution is 8.00. The predicted molar refractivity (Wildman–Crippen MR) is 75.4 cm³/mol. The molecule has 0 aromatic carbocycles. The van der Waals surface area contributed by atoms with Gasteiger partial charge in [0.15, 0.2) is 0 Å². The Kier molecular flexibility index (Phi) is 6.34. The lowest BCUT2D eigenvalue weighted by Crippen LogP contribution is -2.43. The molecule has 100 valence electrons. The van der Waals surface area contributed by atoms with Crippen molar-refractivity contribution in [1.82, 2.24) is 10.6 Å². The van der Waals surface area contributed by atoms with Crippen LogP contribution in [-0.2, 0) is 4.79 Å². The van der Waals surface area contributed by atoms with E-state index in [4.69, 9.17) is 0 Å². The first-order valence-corrected chi connectivity index (χ1v) is 7.91. The van der Waals surface area contributed by atoms with Gasteiger partial charge in [-0.25, -0.2) is 0 Å². The molecule has 0 aromatic rings. The maximum Gasteiger partial charge on any atom is 0.234 e. The molecule has 1 aliphatic carbocycles. The van der Waals surface area contributed by atoms with E-state index in [9.17, 15) is 4.79 Å². The molecule has 1 rings (SSSR count). The summed E-state index contributed by atoms with van der Waals surface area (Å²) in [5, 5.41) is 6.27. The Labute approximate surface area is 109 Å². The molecule has 0 aliphatic heterocycles. The van der Waals surface area contributed by atoms with Gasteiger partial charge in [0.25, 0.3) is 0 Å². The monoisotopic (exact) mass is 258 g/mol. The maximum absolute atomic E-state index is 11.7. The van der Waals surface area contributed by atoms with Crippen molar-refractivity contribution in [3.63, 3.8) is 0 Å². The minimum absolute atomic E-state index is 0.131. The molecular weight excluding hydrogens is 232 g/mol. The second kappa shape index (κ2) is 7.27. The van der Waals surface area contributed by atoms with Crippen LogP contribution >= 0.6 is 11.8 Å². The first kappa shape index (κ1) is 14.8. The van der Waals surface area contributed by atoms with E-state index >= 15 is 0 Å². The number of thioether (sulfide) groups is 1. The van der Waals surface area contributed by atoms with Crippen LogP contribution in [0.4, 0.5) is 0 Å². The lowest BCUT2D eigenvalue weighted by atomic mass is 10.0. The Bertz CT molecular complexity index is 229. The number of amides is 1. The summed E-state index contributed by atoms with van der Waals surface area (Å²) in [5.41, 5.74) is 0. The molecule has 0 bridgehead atoms. The highest BCUT2D eigenvalue weighted by atomic mass is 32.2. The second-order valence-corrected chi connectivity index (χ2v) is 6.22. The SMILES string of the molecule is CCC(CC)(CNC(=O)CNCC1CC1)SC. The quantitative estimate of drug-likeness (QED) is 0.665. The summed E-state index contributed by atoms with van der Waals surface area (Å²) in [6.07, 6.45) is 6.98. The van der Waals surface area contributed by atoms with Crippen molar-refractivity contribution < 1.29 is 4.79 Å². The van der Waals surface area contributed by atoms with E-state index < -0.39 is 0 Å². The van der Waals surface area contributed by atoms with Crippen molar-refractivity contribution in [3.05, 3.63) is 0 Å². The van der Waals surface area contributed by atoms with Crippen LogP contribution in [0.1, 0.15) is 39.5 Å². The zero-order chi connectivity index (χ0) is 12.7. The summed E-state index contributed by atoms with van der Waals surface area (Å²) in [5.74, 6) is 0.963. The Balaban J connectivity index is 2.15. The fourth-order valence-corrected chi connectivity index (χ4v) is 2.69. The molecule has 17 heavy (non-hydrogen) atoms. The van der Waals surface area contributed by atoms with Gasteiger partial charge in [-0.15, -0.1) is 0 Å². The average molecular weight is 258 g/mol. The van der Waals surface area contributed by atoms with E-state index in [1.165, 1.54) is 12.8 Å². The van der Waals surface area contributed by atoms with Gasteiger partial charge in [0.2, 0.25) is 5.91 Å². The Morgan fingerprint density at radius 2 is 2.00 bits per heavy atom. The number of carbonyl (C=O) groups excluding carboxylic acids is 1. The molecule has 1 saturated carbocycles. The topological polar surface area (TPSA) is 41.1 Å². The molecule has 0 unspecified atom stereocenters. The first-order valence-electron chi connectivity index (χ1n) is 6.68. The zero-order valence-corrected chi connectivity index (χ0v) is 12.2. The number of rotatable bonds is 9. The molecule has 0 atom stereocenters. The molecule has 1 aliphatic rings. The van der Waals surface area contributed by atoms with E-state index in [-0.39, 0.29) is 10.7 Å². The Morgan fingerprint density at radius 3 is 2.47 bits per heavy atom. The molecule has 4 heteroatoms. The molecule has 0 saturated heterocycles. The van der Waals surface area contributed by atoms with Gasteiger partial charge in [-0.1, -0.05) is 13.8 Å². The van der Waals surface area contributed by atoms with Crippen LogP contribution in [0.3, 0.4) is 0 Å². The molecule has 3 nitrogen and oxygen atoms in total. The Hall–Kier alpha value is -0.220. The van der Waals surface area contributed by atoms with E-state index in [2.05, 4.69) is 30.7 Å². The number of nitrogens with one attached hydrogen (secondary N) is 2. The lowest BCUT2D eigenvalue weighted by molar-refractivity contribution is -0.120. The number of hydrogen-bond donors (Lipinski definition) is 2. The fraction of sp³-hybridized carbons (Fsp3) is 0.923. The summed E-state index contributed by atoms with van der Waals surface area (Å²) < 4.78 is 0.214. The molecule has 0 heterocycles. The molecular formula is C13H26N2OS. The third kappa shape index (κ3) is 5.30. The minimum atomic E-state index is 0.131. The molecule has 0 aromatic heterocycles. The summed E-state index contributed by atoms with van der Waals surface area (Å²) in [6, 6.07) is 0. The van der Waals surface area contributed by atoms with E-state index in [0.717, 1.165) is 31.8 Å². The van der Waals surface area contributed by atoms with Crippen molar-refractivity contribution in [1.29, 1.82) is 0 Å². The highest BCUT2D eigenvalue weighted by Gasteiger charge is 2.25. The molecule has 0 spiro atoms. The average Bonchev–Trinajstić information content (AvgIpc) is 3.16. The van der Waals surface area contributed by atoms with Crippen LogP contribution < -0.4 is 10.6 Å². The predicted octanol–water partition coefficient (Wildman–Crippen LogP) is 2.02. The van der Waals surface area contributed by atoms with Gasteiger partial charge in [0.1, 0.15) is 0 Å². The second-order valence-electron chi connectivity index (χ2n) is 4.95. The number of hydrogen-bond acceptors (Lipinski definition) is 3. The third-order valence-corrected chi connectivity index (χ3v) is 5.33. The summed E-state index contributed by atoms with van der Waals surface area (Å²) >= 11 is 1.86. The largest absolute Gasteiger partial charge is 0.354 e. The summed E-state index contributed by atoms with van der Waals surface area (Å²) in [7, 11) is 0. The molecule has 2 N–H and O–H groups in total. The number of carbonyl (C=O) groups is 1. The van der Waals surface area contributed by atoms with Crippen molar-refractivity contribution in [3.8, 4) is 0 Å². The van der Waals surface area contributed by atoms with Gasteiger partial charge in [-0.05, 0) is 44.4 Å². The van der Waals surface area contributed by atoms with Crippen LogP contribution in [0.2, 0.25) is 0 Å². The highest BCUT2D eigenvalue weighted by Crippen LogP contribution is 2.29. The smallest absolute Gasteiger partial charge is 0.234 e. The van der Waals surface area contributed by atoms with Crippen molar-refractivity contribution in [2.24, 2.45) is 5.92 Å². The molecule has 1 amide bonds. The maximum atomic E-state index is 11.7. The standard InChI is InChI=1S/C13H26N2OS/c1-4-13(5-2,17-3)10-15-12(16)9-14-8-11-6-7-11/h11,14H,4-10H2,1-3H3,(H,15,16). The fourth-order valence-electron chi connectivity index (χ4n) is 1.89. The van der Waals surface area contributed by atoms with E-state index in [0.29, 0.717) is 6.54 Å². The van der Waals surface area contributed by atoms with E-state index in [1.54, 1.807) is 0 Å². The third-order valence-electron chi connectivity index (χ3n) is 3.74. The molecule has 1 fully saturated rings. The summed E-state index contributed by atoms with van der Waals surface area (Å²) in [4.78, 5) is 11.7. The molecule has 0 radical (unpaired) electrons. The van der Waals surface area contributed by atoms with Gasteiger partial charge in [-0.2, -0.15) is 11.8 Å². The van der Waals surface area contributed by atoms with Gasteiger partial charge in [0.05, 0.1) is 6.54 Å². The van der Waals surface area contributed by atoms with Gasteiger partial charge < -0.3 is 10.6 Å². The minimum Gasteiger partial charge on any atom is -0.354 e. The Morgan fingerprint density at radius 1 is 1.35 bits per heavy atom. The van der Waals surface area contributed by atoms with Gasteiger partial charge in [0, 0.05) is 11.3 Å². The summed E-state index contributed by atoms with van der Waals surface area (Å²) in [6.45, 7) is 6.64. The zero-order valence-electron chi connectivity index (χ0n) is 11.3. The van der Waals surface area contributed by atoms with Crippen LogP contribution in [0.25, 0.3) is 0 Å². The first-order chi connectivity index (χ1) is 8.15. The van der Waals surface area contributed by atoms with Crippen LogP contribution in [0.5, 0.6) is 0 Å². The van der Waals surface area contributed by atoms with Crippen LogP contribution in [-0.4, -0.2) is 36.5 Å². The van der Waals surface area contributed by atoms with Gasteiger partial charge >= 0.3 is 0 Å². The van der Waals surface area contributed by atoms with Crippen molar-refractivity contribution >= 4 is 17.7 Å². The van der Waals surface area contributed by atoms with Crippen molar-refractivity contribution in [2.45, 2.75) is 44.3 Å².